The van der Waals surface area contributed by atoms with Gasteiger partial charge < -0.3 is 10.1 Å². The molecule has 0 saturated heterocycles. The molecule has 0 aliphatic heterocycles. The standard InChI is InChI=1S/C17H17ClN2O4S/c1-12(21)19-16-11-15(7-8-17(16)24-2)20-25(22,23)10-9-13-3-5-14(18)6-4-13/h3-11,20H,1-2H3,(H,19,21)/b10-9+. The van der Waals surface area contributed by atoms with Crippen LogP contribution in [0.15, 0.2) is 47.9 Å². The molecule has 0 aromatic heterocycles. The summed E-state index contributed by atoms with van der Waals surface area (Å²) in [5.41, 5.74) is 1.37. The second-order valence-electron chi connectivity index (χ2n) is 5.10. The maximum Gasteiger partial charge on any atom is 0.255 e. The summed E-state index contributed by atoms with van der Waals surface area (Å²) in [4.78, 5) is 11.2. The lowest BCUT2D eigenvalue weighted by atomic mass is 10.2. The first-order valence-corrected chi connectivity index (χ1v) is 9.13. The zero-order valence-corrected chi connectivity index (χ0v) is 15.2. The Morgan fingerprint density at radius 1 is 1.16 bits per heavy atom. The molecule has 2 aromatic carbocycles. The van der Waals surface area contributed by atoms with E-state index in [4.69, 9.17) is 16.3 Å². The first-order chi connectivity index (χ1) is 11.8. The molecule has 0 atom stereocenters. The molecule has 0 heterocycles. The van der Waals surface area contributed by atoms with Gasteiger partial charge in [-0.2, -0.15) is 0 Å². The van der Waals surface area contributed by atoms with Gasteiger partial charge in [0.15, 0.2) is 0 Å². The molecule has 0 bridgehead atoms. The average Bonchev–Trinajstić information content (AvgIpc) is 2.54. The van der Waals surface area contributed by atoms with Gasteiger partial charge in [-0.3, -0.25) is 9.52 Å². The summed E-state index contributed by atoms with van der Waals surface area (Å²) in [5, 5.41) is 4.21. The maximum atomic E-state index is 12.2. The van der Waals surface area contributed by atoms with Crippen molar-refractivity contribution in [2.45, 2.75) is 6.92 Å². The van der Waals surface area contributed by atoms with E-state index in [9.17, 15) is 13.2 Å². The Balaban J connectivity index is 2.19. The number of carbonyl (C=O) groups is 1. The van der Waals surface area contributed by atoms with Gasteiger partial charge >= 0.3 is 0 Å². The summed E-state index contributed by atoms with van der Waals surface area (Å²) >= 11 is 5.79. The molecule has 0 fully saturated rings. The molecule has 0 aliphatic rings. The van der Waals surface area contributed by atoms with Crippen molar-refractivity contribution in [2.75, 3.05) is 17.1 Å². The van der Waals surface area contributed by atoms with Gasteiger partial charge in [0.1, 0.15) is 5.75 Å². The fraction of sp³-hybridized carbons (Fsp3) is 0.118. The van der Waals surface area contributed by atoms with Crippen molar-refractivity contribution in [2.24, 2.45) is 0 Å². The highest BCUT2D eigenvalue weighted by Crippen LogP contribution is 2.28. The van der Waals surface area contributed by atoms with E-state index in [0.717, 1.165) is 5.41 Å². The van der Waals surface area contributed by atoms with Crippen LogP contribution in [0.3, 0.4) is 0 Å². The molecule has 2 rings (SSSR count). The van der Waals surface area contributed by atoms with Gasteiger partial charge in [0.25, 0.3) is 10.0 Å². The Kier molecular flexibility index (Phi) is 6.06. The van der Waals surface area contributed by atoms with Gasteiger partial charge in [0.05, 0.1) is 23.9 Å². The van der Waals surface area contributed by atoms with Crippen LogP contribution in [-0.2, 0) is 14.8 Å². The van der Waals surface area contributed by atoms with E-state index in [-0.39, 0.29) is 5.91 Å². The fourth-order valence-electron chi connectivity index (χ4n) is 2.00. The van der Waals surface area contributed by atoms with Gasteiger partial charge in [-0.25, -0.2) is 8.42 Å². The van der Waals surface area contributed by atoms with E-state index in [1.54, 1.807) is 30.3 Å². The van der Waals surface area contributed by atoms with E-state index in [1.807, 2.05) is 0 Å². The minimum Gasteiger partial charge on any atom is -0.495 e. The van der Waals surface area contributed by atoms with E-state index in [2.05, 4.69) is 10.0 Å². The Labute approximate surface area is 151 Å². The Morgan fingerprint density at radius 2 is 1.84 bits per heavy atom. The van der Waals surface area contributed by atoms with Crippen LogP contribution in [0.25, 0.3) is 6.08 Å². The highest BCUT2D eigenvalue weighted by Gasteiger charge is 2.10. The molecule has 0 spiro atoms. The third-order valence-corrected chi connectivity index (χ3v) is 4.35. The average molecular weight is 381 g/mol. The molecule has 2 aromatic rings. The van der Waals surface area contributed by atoms with Crippen LogP contribution in [0.5, 0.6) is 5.75 Å². The van der Waals surface area contributed by atoms with Crippen molar-refractivity contribution in [1.82, 2.24) is 0 Å². The number of halogens is 1. The maximum absolute atomic E-state index is 12.2. The highest BCUT2D eigenvalue weighted by molar-refractivity contribution is 7.95. The predicted molar refractivity (Wildman–Crippen MR) is 100 cm³/mol. The molecule has 0 radical (unpaired) electrons. The van der Waals surface area contributed by atoms with Gasteiger partial charge in [0.2, 0.25) is 5.91 Å². The van der Waals surface area contributed by atoms with E-state index in [0.29, 0.717) is 27.7 Å². The van der Waals surface area contributed by atoms with E-state index >= 15 is 0 Å². The number of ether oxygens (including phenoxy) is 1. The number of methoxy groups -OCH3 is 1. The summed E-state index contributed by atoms with van der Waals surface area (Å²) in [6.45, 7) is 1.35. The molecule has 132 valence electrons. The zero-order chi connectivity index (χ0) is 18.4. The van der Waals surface area contributed by atoms with Crippen LogP contribution < -0.4 is 14.8 Å². The monoisotopic (exact) mass is 380 g/mol. The second kappa shape index (κ2) is 8.04. The fourth-order valence-corrected chi connectivity index (χ4v) is 2.98. The topological polar surface area (TPSA) is 84.5 Å². The molecule has 0 aliphatic carbocycles. The molecule has 6 nitrogen and oxygen atoms in total. The van der Waals surface area contributed by atoms with E-state index in [1.165, 1.54) is 32.2 Å². The minimum atomic E-state index is -3.72. The summed E-state index contributed by atoms with van der Waals surface area (Å²) in [5.74, 6) is 0.135. The van der Waals surface area contributed by atoms with Crippen LogP contribution in [-0.4, -0.2) is 21.4 Å². The number of carbonyl (C=O) groups excluding carboxylic acids is 1. The van der Waals surface area contributed by atoms with Crippen molar-refractivity contribution in [3.05, 3.63) is 58.5 Å². The normalized spacial score (nSPS) is 11.3. The number of amides is 1. The smallest absolute Gasteiger partial charge is 0.255 e. The van der Waals surface area contributed by atoms with Crippen molar-refractivity contribution in [1.29, 1.82) is 0 Å². The molecule has 1 amide bonds. The van der Waals surface area contributed by atoms with Crippen LogP contribution in [0.4, 0.5) is 11.4 Å². The molecule has 2 N–H and O–H groups in total. The summed E-state index contributed by atoms with van der Waals surface area (Å²) in [7, 11) is -2.27. The SMILES string of the molecule is COc1ccc(NS(=O)(=O)/C=C/c2ccc(Cl)cc2)cc1NC(C)=O. The number of hydrogen-bond donors (Lipinski definition) is 2. The molecule has 0 unspecified atom stereocenters. The van der Waals surface area contributed by atoms with Gasteiger partial charge in [-0.15, -0.1) is 0 Å². The minimum absolute atomic E-state index is 0.291. The summed E-state index contributed by atoms with van der Waals surface area (Å²) in [6, 6.07) is 11.3. The Bertz CT molecular complexity index is 893. The second-order valence-corrected chi connectivity index (χ2v) is 7.10. The number of anilines is 2. The van der Waals surface area contributed by atoms with Crippen molar-refractivity contribution >= 4 is 45.0 Å². The molecular weight excluding hydrogens is 364 g/mol. The first kappa shape index (κ1) is 18.8. The number of sulfonamides is 1. The quantitative estimate of drug-likeness (QED) is 0.799. The summed E-state index contributed by atoms with van der Waals surface area (Å²) < 4.78 is 31.9. The highest BCUT2D eigenvalue weighted by atomic mass is 35.5. The molecular formula is C17H17ClN2O4S. The lowest BCUT2D eigenvalue weighted by Crippen LogP contribution is -2.11. The number of hydrogen-bond acceptors (Lipinski definition) is 4. The molecule has 25 heavy (non-hydrogen) atoms. The number of rotatable bonds is 6. The van der Waals surface area contributed by atoms with Crippen molar-refractivity contribution < 1.29 is 17.9 Å². The van der Waals surface area contributed by atoms with Crippen molar-refractivity contribution in [3.63, 3.8) is 0 Å². The van der Waals surface area contributed by atoms with Gasteiger partial charge in [-0.1, -0.05) is 23.7 Å². The number of nitrogens with one attached hydrogen (secondary N) is 2. The third-order valence-electron chi connectivity index (χ3n) is 3.08. The van der Waals surface area contributed by atoms with Crippen LogP contribution in [0.1, 0.15) is 12.5 Å². The summed E-state index contributed by atoms with van der Waals surface area (Å²) in [6.07, 6.45) is 1.46. The predicted octanol–water partition coefficient (Wildman–Crippen LogP) is 3.72. The first-order valence-electron chi connectivity index (χ1n) is 7.21. The zero-order valence-electron chi connectivity index (χ0n) is 13.6. The lowest BCUT2D eigenvalue weighted by Gasteiger charge is -2.11. The third kappa shape index (κ3) is 5.81. The Morgan fingerprint density at radius 3 is 2.44 bits per heavy atom. The Hall–Kier alpha value is -2.51. The van der Waals surface area contributed by atoms with Gasteiger partial charge in [0, 0.05) is 11.9 Å². The molecule has 0 saturated carbocycles. The van der Waals surface area contributed by atoms with Crippen LogP contribution in [0.2, 0.25) is 5.02 Å². The lowest BCUT2D eigenvalue weighted by molar-refractivity contribution is -0.114. The largest absolute Gasteiger partial charge is 0.495 e. The van der Waals surface area contributed by atoms with Gasteiger partial charge in [-0.05, 0) is 42.0 Å². The van der Waals surface area contributed by atoms with E-state index < -0.39 is 10.0 Å². The molecule has 8 heteroatoms. The van der Waals surface area contributed by atoms with Crippen LogP contribution in [0, 0.1) is 0 Å². The van der Waals surface area contributed by atoms with Crippen LogP contribution >= 0.6 is 11.6 Å². The van der Waals surface area contributed by atoms with Crippen molar-refractivity contribution in [3.8, 4) is 5.75 Å². The number of benzene rings is 2.